The predicted molar refractivity (Wildman–Crippen MR) is 285 cm³/mol. The van der Waals surface area contributed by atoms with E-state index in [1.54, 1.807) is 0 Å². The van der Waals surface area contributed by atoms with Gasteiger partial charge in [-0.15, -0.1) is 0 Å². The molecule has 0 saturated carbocycles. The van der Waals surface area contributed by atoms with Gasteiger partial charge in [0.05, 0.1) is 16.7 Å². The molecule has 0 radical (unpaired) electrons. The molecule has 0 bridgehead atoms. The Hall–Kier alpha value is -7.94. The summed E-state index contributed by atoms with van der Waals surface area (Å²) in [7, 11) is 0. The molecule has 1 heterocycles. The molecule has 1 aromatic heterocycles. The molecule has 0 atom stereocenters. The van der Waals surface area contributed by atoms with E-state index in [2.05, 4.69) is 255 Å². The first-order valence-electron chi connectivity index (χ1n) is 23.8. The third-order valence-corrected chi connectivity index (χ3v) is 14.5. The van der Waals surface area contributed by atoms with Crippen LogP contribution in [0.25, 0.3) is 72.0 Å². The van der Waals surface area contributed by atoms with E-state index in [0.29, 0.717) is 0 Å². The molecule has 2 aliphatic rings. The Labute approximate surface area is 394 Å². The van der Waals surface area contributed by atoms with E-state index < -0.39 is 0 Å². The Kier molecular flexibility index (Phi) is 9.98. The molecule has 322 valence electrons. The molecule has 2 heteroatoms. The van der Waals surface area contributed by atoms with Gasteiger partial charge in [-0.2, -0.15) is 0 Å². The van der Waals surface area contributed by atoms with E-state index in [4.69, 9.17) is 0 Å². The lowest BCUT2D eigenvalue weighted by Gasteiger charge is -2.35. The number of benzene rings is 9. The van der Waals surface area contributed by atoms with Crippen molar-refractivity contribution in [3.63, 3.8) is 0 Å². The van der Waals surface area contributed by atoms with Crippen LogP contribution in [0.1, 0.15) is 54.5 Å². The standard InChI is InChI=1S/C65H52N2/c1-44-17-15-28-62(64(44)65(2,3)52-20-9-5-10-21-52)66(54-37-33-46(34-38-54)49-30-32-51-41-50-31-29-48(42-58(50)59(51)43-49)45-18-7-4-8-19-45)55-39-35-47(36-40-55)56-25-16-27-61-63(56)57-24-13-14-26-60(57)67(61)53-22-11-6-12-23-53/h4-11,13-22,24-40,42-43H,12,23,41H2,1-3H3. The van der Waals surface area contributed by atoms with E-state index in [9.17, 15) is 0 Å². The van der Waals surface area contributed by atoms with Crippen LogP contribution in [0.4, 0.5) is 17.1 Å². The van der Waals surface area contributed by atoms with Crippen molar-refractivity contribution in [3.8, 4) is 44.5 Å². The topological polar surface area (TPSA) is 8.17 Å². The van der Waals surface area contributed by atoms with E-state index in [1.165, 1.54) is 106 Å². The summed E-state index contributed by atoms with van der Waals surface area (Å²) < 4.78 is 2.48. The molecule has 2 nitrogen and oxygen atoms in total. The summed E-state index contributed by atoms with van der Waals surface area (Å²) in [6.45, 7) is 6.99. The molecule has 0 N–H and O–H groups in total. The molecule has 9 aromatic carbocycles. The number of rotatable bonds is 9. The third kappa shape index (κ3) is 7.03. The first-order chi connectivity index (χ1) is 32.9. The Balaban J connectivity index is 0.964. The lowest BCUT2D eigenvalue weighted by atomic mass is 9.75. The van der Waals surface area contributed by atoms with Gasteiger partial charge in [-0.3, -0.25) is 0 Å². The zero-order chi connectivity index (χ0) is 45.1. The number of fused-ring (bicyclic) bond motifs is 6. The molecule has 0 aliphatic heterocycles. The number of para-hydroxylation sites is 1. The van der Waals surface area contributed by atoms with E-state index >= 15 is 0 Å². The van der Waals surface area contributed by atoms with Gasteiger partial charge < -0.3 is 9.47 Å². The van der Waals surface area contributed by atoms with Crippen LogP contribution < -0.4 is 4.90 Å². The fraction of sp³-hybridized carbons (Fsp3) is 0.108. The van der Waals surface area contributed by atoms with E-state index in [0.717, 1.165) is 30.6 Å². The number of allylic oxidation sites excluding steroid dienone is 4. The summed E-state index contributed by atoms with van der Waals surface area (Å²) in [5, 5.41) is 2.58. The molecular formula is C65H52N2. The van der Waals surface area contributed by atoms with E-state index in [1.807, 2.05) is 0 Å². The zero-order valence-corrected chi connectivity index (χ0v) is 38.4. The monoisotopic (exact) mass is 860 g/mol. The van der Waals surface area contributed by atoms with Crippen molar-refractivity contribution < 1.29 is 0 Å². The highest BCUT2D eigenvalue weighted by Gasteiger charge is 2.31. The number of anilines is 3. The van der Waals surface area contributed by atoms with Gasteiger partial charge in [0, 0.05) is 33.3 Å². The van der Waals surface area contributed by atoms with Gasteiger partial charge in [-0.05, 0) is 159 Å². The Morgan fingerprint density at radius 3 is 1.75 bits per heavy atom. The Bertz CT molecular complexity index is 3550. The molecule has 0 spiro atoms. The zero-order valence-electron chi connectivity index (χ0n) is 38.4. The van der Waals surface area contributed by atoms with Gasteiger partial charge in [0.2, 0.25) is 0 Å². The largest absolute Gasteiger partial charge is 0.313 e. The van der Waals surface area contributed by atoms with Crippen LogP contribution in [0.15, 0.2) is 224 Å². The number of aromatic nitrogens is 1. The van der Waals surface area contributed by atoms with Gasteiger partial charge in [0.25, 0.3) is 0 Å². The minimum Gasteiger partial charge on any atom is -0.313 e. The first kappa shape index (κ1) is 40.6. The van der Waals surface area contributed by atoms with Crippen molar-refractivity contribution in [2.24, 2.45) is 0 Å². The highest BCUT2D eigenvalue weighted by molar-refractivity contribution is 6.16. The smallest absolute Gasteiger partial charge is 0.0544 e. The average Bonchev–Trinajstić information content (AvgIpc) is 3.93. The van der Waals surface area contributed by atoms with Crippen molar-refractivity contribution in [1.29, 1.82) is 0 Å². The summed E-state index contributed by atoms with van der Waals surface area (Å²) in [6.07, 6.45) is 9.81. The second-order valence-electron chi connectivity index (χ2n) is 18.9. The van der Waals surface area contributed by atoms with Crippen molar-refractivity contribution in [2.75, 3.05) is 4.90 Å². The second kappa shape index (κ2) is 16.5. The summed E-state index contributed by atoms with van der Waals surface area (Å²) in [6, 6.07) is 76.7. The van der Waals surface area contributed by atoms with Crippen LogP contribution in [0.2, 0.25) is 0 Å². The summed E-state index contributed by atoms with van der Waals surface area (Å²) >= 11 is 0. The number of nitrogens with zero attached hydrogens (tertiary/aromatic N) is 2. The highest BCUT2D eigenvalue weighted by Crippen LogP contribution is 2.47. The minimum atomic E-state index is -0.269. The van der Waals surface area contributed by atoms with Gasteiger partial charge in [0.1, 0.15) is 0 Å². The minimum absolute atomic E-state index is 0.269. The predicted octanol–water partition coefficient (Wildman–Crippen LogP) is 17.7. The van der Waals surface area contributed by atoms with Crippen LogP contribution in [0, 0.1) is 6.92 Å². The van der Waals surface area contributed by atoms with Crippen LogP contribution in [0.5, 0.6) is 0 Å². The summed E-state index contributed by atoms with van der Waals surface area (Å²) in [5.74, 6) is 0. The fourth-order valence-electron chi connectivity index (χ4n) is 11.2. The average molecular weight is 861 g/mol. The van der Waals surface area contributed by atoms with Crippen molar-refractivity contribution in [2.45, 2.75) is 45.4 Å². The molecule has 67 heavy (non-hydrogen) atoms. The van der Waals surface area contributed by atoms with Crippen molar-refractivity contribution in [1.82, 2.24) is 4.57 Å². The molecule has 0 fully saturated rings. The lowest BCUT2D eigenvalue weighted by Crippen LogP contribution is -2.24. The first-order valence-corrected chi connectivity index (χ1v) is 23.8. The highest BCUT2D eigenvalue weighted by atomic mass is 15.1. The van der Waals surface area contributed by atoms with Crippen LogP contribution in [-0.4, -0.2) is 4.57 Å². The van der Waals surface area contributed by atoms with Crippen molar-refractivity contribution in [3.05, 3.63) is 252 Å². The van der Waals surface area contributed by atoms with Gasteiger partial charge in [-0.1, -0.05) is 178 Å². The van der Waals surface area contributed by atoms with Gasteiger partial charge >= 0.3 is 0 Å². The number of aryl methyl sites for hydroxylation is 1. The molecule has 2 aliphatic carbocycles. The molecular weight excluding hydrogens is 809 g/mol. The van der Waals surface area contributed by atoms with Crippen molar-refractivity contribution >= 4 is 44.6 Å². The maximum absolute atomic E-state index is 2.48. The second-order valence-corrected chi connectivity index (χ2v) is 18.9. The Morgan fingerprint density at radius 2 is 1.07 bits per heavy atom. The molecule has 12 rings (SSSR count). The molecule has 0 unspecified atom stereocenters. The quantitative estimate of drug-likeness (QED) is 0.140. The third-order valence-electron chi connectivity index (χ3n) is 14.5. The summed E-state index contributed by atoms with van der Waals surface area (Å²) in [4.78, 5) is 2.47. The number of hydrogen-bond acceptors (Lipinski definition) is 1. The van der Waals surface area contributed by atoms with Gasteiger partial charge in [-0.25, -0.2) is 0 Å². The normalized spacial score (nSPS) is 13.1. The number of hydrogen-bond donors (Lipinski definition) is 0. The van der Waals surface area contributed by atoms with Crippen LogP contribution in [-0.2, 0) is 11.8 Å². The molecule has 0 saturated heterocycles. The maximum Gasteiger partial charge on any atom is 0.0544 e. The van der Waals surface area contributed by atoms with E-state index in [-0.39, 0.29) is 5.41 Å². The fourth-order valence-corrected chi connectivity index (χ4v) is 11.2. The molecule has 0 amide bonds. The maximum atomic E-state index is 2.48. The SMILES string of the molecule is Cc1cccc(N(c2ccc(-c3ccc4c(c3)-c3cc(-c5ccccc5)ccc3C4)cc2)c2ccc(-c3cccc4c3c3ccccc3n4C3=CC=CCC3)cc2)c1C(C)(C)c1ccccc1. The Morgan fingerprint density at radius 1 is 0.493 bits per heavy atom. The van der Waals surface area contributed by atoms with Crippen LogP contribution >= 0.6 is 0 Å². The van der Waals surface area contributed by atoms with Crippen LogP contribution in [0.3, 0.4) is 0 Å². The lowest BCUT2D eigenvalue weighted by molar-refractivity contribution is 0.636. The van der Waals surface area contributed by atoms with Gasteiger partial charge in [0.15, 0.2) is 0 Å². The molecule has 10 aromatic rings. The summed E-state index contributed by atoms with van der Waals surface area (Å²) in [5.41, 5.74) is 23.7.